The molecule has 126 valence electrons. The number of halogens is 3. The number of rotatable bonds is 8. The molecule has 0 spiro atoms. The smallest absolute Gasteiger partial charge is 0.387 e. The van der Waals surface area contributed by atoms with E-state index in [-0.39, 0.29) is 35.5 Å². The average molecular weight is 339 g/mol. The Kier molecular flexibility index (Phi) is 9.44. The highest BCUT2D eigenvalue weighted by Crippen LogP contribution is 2.32. The van der Waals surface area contributed by atoms with E-state index < -0.39 is 12.5 Å². The predicted molar refractivity (Wildman–Crippen MR) is 82.3 cm³/mol. The topological polar surface area (TPSA) is 59.6 Å². The maximum Gasteiger partial charge on any atom is 0.387 e. The van der Waals surface area contributed by atoms with E-state index >= 15 is 0 Å². The molecule has 0 fully saturated rings. The number of nitrogens with one attached hydrogen (secondary N) is 2. The first-order chi connectivity index (χ1) is 9.99. The molecule has 8 heteroatoms. The van der Waals surface area contributed by atoms with Crippen molar-refractivity contribution in [2.45, 2.75) is 26.5 Å². The Balaban J connectivity index is 0.00000441. The SMILES string of the molecule is CCN[C@H](C)CNC(=O)c1cccc(OC)c1OC(F)F.Cl. The van der Waals surface area contributed by atoms with E-state index in [0.717, 1.165) is 6.54 Å². The van der Waals surface area contributed by atoms with Gasteiger partial charge in [-0.25, -0.2) is 0 Å². The van der Waals surface area contributed by atoms with Gasteiger partial charge < -0.3 is 20.1 Å². The summed E-state index contributed by atoms with van der Waals surface area (Å²) in [5.74, 6) is -0.666. The second kappa shape index (κ2) is 10.2. The van der Waals surface area contributed by atoms with Crippen LogP contribution in [0.15, 0.2) is 18.2 Å². The van der Waals surface area contributed by atoms with Crippen LogP contribution in [0.5, 0.6) is 11.5 Å². The molecular weight excluding hydrogens is 318 g/mol. The molecular formula is C14H21ClF2N2O3. The van der Waals surface area contributed by atoms with Crippen molar-refractivity contribution in [1.29, 1.82) is 0 Å². The van der Waals surface area contributed by atoms with Gasteiger partial charge in [-0.05, 0) is 25.6 Å². The highest BCUT2D eigenvalue weighted by Gasteiger charge is 2.20. The fraction of sp³-hybridized carbons (Fsp3) is 0.500. The molecule has 1 aromatic rings. The predicted octanol–water partition coefficient (Wildman–Crippen LogP) is 2.45. The van der Waals surface area contributed by atoms with Crippen molar-refractivity contribution in [3.05, 3.63) is 23.8 Å². The summed E-state index contributed by atoms with van der Waals surface area (Å²) in [7, 11) is 1.32. The molecule has 1 aromatic carbocycles. The van der Waals surface area contributed by atoms with Gasteiger partial charge in [0, 0.05) is 12.6 Å². The number of likely N-dealkylation sites (N-methyl/N-ethyl adjacent to an activating group) is 1. The normalized spacial score (nSPS) is 11.5. The molecule has 0 radical (unpaired) electrons. The highest BCUT2D eigenvalue weighted by molar-refractivity contribution is 5.97. The van der Waals surface area contributed by atoms with Crippen LogP contribution in [-0.4, -0.2) is 38.8 Å². The molecule has 0 aromatic heterocycles. The third kappa shape index (κ3) is 6.03. The maximum atomic E-state index is 12.5. The number of carbonyl (C=O) groups excluding carboxylic acids is 1. The second-order valence-corrected chi connectivity index (χ2v) is 4.38. The monoisotopic (exact) mass is 338 g/mol. The van der Waals surface area contributed by atoms with E-state index in [1.807, 2.05) is 13.8 Å². The van der Waals surface area contributed by atoms with E-state index in [4.69, 9.17) is 4.74 Å². The average Bonchev–Trinajstić information content (AvgIpc) is 2.44. The number of benzene rings is 1. The summed E-state index contributed by atoms with van der Waals surface area (Å²) in [6.45, 7) is 1.97. The number of amides is 1. The molecule has 0 aliphatic heterocycles. The van der Waals surface area contributed by atoms with Crippen LogP contribution in [0.25, 0.3) is 0 Å². The first kappa shape index (κ1) is 20.4. The second-order valence-electron chi connectivity index (χ2n) is 4.38. The first-order valence-corrected chi connectivity index (χ1v) is 6.63. The zero-order valence-electron chi connectivity index (χ0n) is 12.7. The van der Waals surface area contributed by atoms with Crippen LogP contribution >= 0.6 is 12.4 Å². The van der Waals surface area contributed by atoms with Crippen molar-refractivity contribution in [2.75, 3.05) is 20.2 Å². The molecule has 0 unspecified atom stereocenters. The van der Waals surface area contributed by atoms with Gasteiger partial charge in [0.05, 0.1) is 12.7 Å². The fourth-order valence-corrected chi connectivity index (χ4v) is 1.83. The molecule has 1 atom stereocenters. The van der Waals surface area contributed by atoms with Gasteiger partial charge in [0.1, 0.15) is 0 Å². The van der Waals surface area contributed by atoms with Crippen molar-refractivity contribution in [3.63, 3.8) is 0 Å². The number of ether oxygens (including phenoxy) is 2. The van der Waals surface area contributed by atoms with E-state index in [0.29, 0.717) is 6.54 Å². The molecule has 0 saturated carbocycles. The van der Waals surface area contributed by atoms with Crippen LogP contribution < -0.4 is 20.1 Å². The summed E-state index contributed by atoms with van der Waals surface area (Å²) in [6, 6.07) is 4.48. The lowest BCUT2D eigenvalue weighted by molar-refractivity contribution is -0.0515. The minimum absolute atomic E-state index is 0. The largest absolute Gasteiger partial charge is 0.493 e. The van der Waals surface area contributed by atoms with Crippen molar-refractivity contribution < 1.29 is 23.0 Å². The quantitative estimate of drug-likeness (QED) is 0.764. The lowest BCUT2D eigenvalue weighted by Crippen LogP contribution is -2.38. The highest BCUT2D eigenvalue weighted by atomic mass is 35.5. The molecule has 2 N–H and O–H groups in total. The van der Waals surface area contributed by atoms with Gasteiger partial charge >= 0.3 is 6.61 Å². The van der Waals surface area contributed by atoms with Crippen LogP contribution in [-0.2, 0) is 0 Å². The summed E-state index contributed by atoms with van der Waals surface area (Å²) >= 11 is 0. The summed E-state index contributed by atoms with van der Waals surface area (Å²) in [5, 5.41) is 5.80. The number of hydrogen-bond acceptors (Lipinski definition) is 4. The van der Waals surface area contributed by atoms with Crippen molar-refractivity contribution in [1.82, 2.24) is 10.6 Å². The lowest BCUT2D eigenvalue weighted by Gasteiger charge is -2.16. The lowest BCUT2D eigenvalue weighted by atomic mass is 10.1. The molecule has 1 amide bonds. The van der Waals surface area contributed by atoms with E-state index in [1.165, 1.54) is 19.2 Å². The number of methoxy groups -OCH3 is 1. The molecule has 0 aliphatic carbocycles. The van der Waals surface area contributed by atoms with Gasteiger partial charge in [-0.2, -0.15) is 8.78 Å². The summed E-state index contributed by atoms with van der Waals surface area (Å²) < 4.78 is 34.3. The van der Waals surface area contributed by atoms with Crippen molar-refractivity contribution in [2.24, 2.45) is 0 Å². The molecule has 5 nitrogen and oxygen atoms in total. The zero-order valence-corrected chi connectivity index (χ0v) is 13.5. The Bertz CT molecular complexity index is 475. The molecule has 0 heterocycles. The molecule has 0 aliphatic rings. The minimum Gasteiger partial charge on any atom is -0.493 e. The van der Waals surface area contributed by atoms with Gasteiger partial charge in [-0.1, -0.05) is 13.0 Å². The van der Waals surface area contributed by atoms with Crippen molar-refractivity contribution in [3.8, 4) is 11.5 Å². The van der Waals surface area contributed by atoms with Gasteiger partial charge in [-0.15, -0.1) is 12.4 Å². The maximum absolute atomic E-state index is 12.5. The number of carbonyl (C=O) groups is 1. The fourth-order valence-electron chi connectivity index (χ4n) is 1.83. The van der Waals surface area contributed by atoms with E-state index in [2.05, 4.69) is 15.4 Å². The Morgan fingerprint density at radius 1 is 1.36 bits per heavy atom. The minimum atomic E-state index is -3.03. The summed E-state index contributed by atoms with van der Waals surface area (Å²) in [6.07, 6.45) is 0. The van der Waals surface area contributed by atoms with Gasteiger partial charge in [0.2, 0.25) is 0 Å². The number of para-hydroxylation sites is 1. The van der Waals surface area contributed by atoms with Crippen molar-refractivity contribution >= 4 is 18.3 Å². The molecule has 22 heavy (non-hydrogen) atoms. The third-order valence-corrected chi connectivity index (χ3v) is 2.77. The Morgan fingerprint density at radius 3 is 2.59 bits per heavy atom. The number of alkyl halides is 2. The van der Waals surface area contributed by atoms with Gasteiger partial charge in [-0.3, -0.25) is 4.79 Å². The molecule has 1 rings (SSSR count). The third-order valence-electron chi connectivity index (χ3n) is 2.77. The summed E-state index contributed by atoms with van der Waals surface area (Å²) in [5.41, 5.74) is 0.0124. The molecule has 0 bridgehead atoms. The standard InChI is InChI=1S/C14H20F2N2O3.ClH/c1-4-17-9(2)8-18-13(19)10-6-5-7-11(20-3)12(10)21-14(15)16;/h5-7,9,14,17H,4,8H2,1-3H3,(H,18,19);1H/t9-;/m1./s1. The zero-order chi connectivity index (χ0) is 15.8. The van der Waals surface area contributed by atoms with Gasteiger partial charge in [0.15, 0.2) is 11.5 Å². The summed E-state index contributed by atoms with van der Waals surface area (Å²) in [4.78, 5) is 12.1. The van der Waals surface area contributed by atoms with Crippen LogP contribution in [0, 0.1) is 0 Å². The Labute approximate surface area is 134 Å². The van der Waals surface area contributed by atoms with Crippen LogP contribution in [0.2, 0.25) is 0 Å². The number of hydrogen-bond donors (Lipinski definition) is 2. The van der Waals surface area contributed by atoms with Crippen LogP contribution in [0.1, 0.15) is 24.2 Å². The Hall–Kier alpha value is -1.60. The van der Waals surface area contributed by atoms with Crippen LogP contribution in [0.4, 0.5) is 8.78 Å². The van der Waals surface area contributed by atoms with Gasteiger partial charge in [0.25, 0.3) is 5.91 Å². The molecule has 0 saturated heterocycles. The van der Waals surface area contributed by atoms with Crippen LogP contribution in [0.3, 0.4) is 0 Å². The van der Waals surface area contributed by atoms with E-state index in [1.54, 1.807) is 6.07 Å². The van der Waals surface area contributed by atoms with E-state index in [9.17, 15) is 13.6 Å². The Morgan fingerprint density at radius 2 is 2.05 bits per heavy atom. The first-order valence-electron chi connectivity index (χ1n) is 6.63.